The summed E-state index contributed by atoms with van der Waals surface area (Å²) < 4.78 is 12.8. The molecular formula is C26H25N3O3S. The van der Waals surface area contributed by atoms with Crippen LogP contribution >= 0.6 is 11.3 Å². The maximum absolute atomic E-state index is 13.3. The van der Waals surface area contributed by atoms with E-state index >= 15 is 0 Å². The van der Waals surface area contributed by atoms with E-state index in [1.54, 1.807) is 11.3 Å². The third-order valence-corrected chi connectivity index (χ3v) is 6.68. The van der Waals surface area contributed by atoms with Gasteiger partial charge in [0.2, 0.25) is 0 Å². The van der Waals surface area contributed by atoms with Gasteiger partial charge in [-0.05, 0) is 43.3 Å². The average molecular weight is 460 g/mol. The van der Waals surface area contributed by atoms with Crippen molar-refractivity contribution in [3.8, 4) is 17.2 Å². The van der Waals surface area contributed by atoms with Crippen LogP contribution < -0.4 is 14.4 Å². The average Bonchev–Trinajstić information content (AvgIpc) is 3.30. The highest BCUT2D eigenvalue weighted by molar-refractivity contribution is 7.22. The van der Waals surface area contributed by atoms with Gasteiger partial charge in [-0.15, -0.1) is 0 Å². The number of anilines is 1. The predicted octanol–water partition coefficient (Wildman–Crippen LogP) is 5.45. The number of rotatable bonds is 6. The van der Waals surface area contributed by atoms with Crippen LogP contribution in [0.2, 0.25) is 0 Å². The number of hydrogen-bond donors (Lipinski definition) is 0. The molecule has 1 fully saturated rings. The van der Waals surface area contributed by atoms with Gasteiger partial charge < -0.3 is 19.3 Å². The van der Waals surface area contributed by atoms with Crippen LogP contribution in [0.5, 0.6) is 17.2 Å². The Morgan fingerprint density at radius 1 is 0.909 bits per heavy atom. The van der Waals surface area contributed by atoms with E-state index in [2.05, 4.69) is 11.0 Å². The number of ether oxygens (including phenoxy) is 2. The molecule has 0 atom stereocenters. The van der Waals surface area contributed by atoms with Gasteiger partial charge in [0, 0.05) is 26.2 Å². The number of aromatic nitrogens is 1. The number of piperazine rings is 1. The minimum absolute atomic E-state index is 0.0101. The third kappa shape index (κ3) is 4.50. The zero-order valence-corrected chi connectivity index (χ0v) is 19.3. The fourth-order valence-corrected chi connectivity index (χ4v) is 4.97. The first kappa shape index (κ1) is 21.3. The van der Waals surface area contributed by atoms with Crippen LogP contribution in [-0.2, 0) is 0 Å². The van der Waals surface area contributed by atoms with Crippen molar-refractivity contribution in [2.24, 2.45) is 0 Å². The molecule has 2 heterocycles. The first-order valence-corrected chi connectivity index (χ1v) is 11.9. The molecule has 5 rings (SSSR count). The Hall–Kier alpha value is -3.58. The minimum Gasteiger partial charge on any atom is -0.492 e. The lowest BCUT2D eigenvalue weighted by Crippen LogP contribution is -2.48. The fraction of sp³-hybridized carbons (Fsp3) is 0.231. The van der Waals surface area contributed by atoms with Crippen molar-refractivity contribution in [2.45, 2.75) is 6.92 Å². The first-order valence-electron chi connectivity index (χ1n) is 11.1. The van der Waals surface area contributed by atoms with Gasteiger partial charge in [0.1, 0.15) is 22.8 Å². The molecule has 33 heavy (non-hydrogen) atoms. The summed E-state index contributed by atoms with van der Waals surface area (Å²) in [5.41, 5.74) is 1.49. The number of nitrogens with zero attached hydrogens (tertiary/aromatic N) is 3. The summed E-state index contributed by atoms with van der Waals surface area (Å²) in [7, 11) is 0. The van der Waals surface area contributed by atoms with Crippen molar-refractivity contribution in [3.05, 3.63) is 78.4 Å². The van der Waals surface area contributed by atoms with Crippen molar-refractivity contribution in [2.75, 3.05) is 37.7 Å². The smallest absolute Gasteiger partial charge is 0.257 e. The second-order valence-electron chi connectivity index (χ2n) is 7.72. The van der Waals surface area contributed by atoms with Gasteiger partial charge in [0.15, 0.2) is 5.13 Å². The molecule has 0 spiro atoms. The van der Waals surface area contributed by atoms with Crippen LogP contribution in [0.3, 0.4) is 0 Å². The Kier molecular flexibility index (Phi) is 6.13. The highest BCUT2D eigenvalue weighted by Gasteiger charge is 2.26. The topological polar surface area (TPSA) is 54.9 Å². The molecule has 0 unspecified atom stereocenters. The zero-order valence-electron chi connectivity index (χ0n) is 18.4. The molecule has 3 aromatic carbocycles. The van der Waals surface area contributed by atoms with Crippen molar-refractivity contribution < 1.29 is 14.3 Å². The Morgan fingerprint density at radius 2 is 1.64 bits per heavy atom. The zero-order chi connectivity index (χ0) is 22.6. The number of amides is 1. The Labute approximate surface area is 197 Å². The molecule has 7 heteroatoms. The van der Waals surface area contributed by atoms with E-state index in [-0.39, 0.29) is 5.91 Å². The molecule has 168 valence electrons. The number of para-hydroxylation sites is 3. The fourth-order valence-electron chi connectivity index (χ4n) is 3.94. The van der Waals surface area contributed by atoms with Crippen LogP contribution in [-0.4, -0.2) is 48.6 Å². The van der Waals surface area contributed by atoms with E-state index in [0.717, 1.165) is 34.2 Å². The van der Waals surface area contributed by atoms with Crippen LogP contribution in [0.25, 0.3) is 10.2 Å². The van der Waals surface area contributed by atoms with Gasteiger partial charge in [0.25, 0.3) is 5.91 Å². The van der Waals surface area contributed by atoms with Crippen molar-refractivity contribution in [1.29, 1.82) is 0 Å². The van der Waals surface area contributed by atoms with Gasteiger partial charge in [-0.3, -0.25) is 4.79 Å². The molecule has 1 amide bonds. The Morgan fingerprint density at radius 3 is 2.42 bits per heavy atom. The lowest BCUT2D eigenvalue weighted by Gasteiger charge is -2.34. The standard InChI is InChI=1S/C26H25N3O3S/c1-2-31-22-13-8-14-23-24(22)27-26(33-23)29-17-15-28(16-18-29)25(30)20-11-6-7-12-21(20)32-19-9-4-3-5-10-19/h3-14H,2,15-18H2,1H3. The Balaban J connectivity index is 1.29. The summed E-state index contributed by atoms with van der Waals surface area (Å²) in [4.78, 5) is 22.3. The van der Waals surface area contributed by atoms with Crippen molar-refractivity contribution >= 4 is 32.6 Å². The maximum atomic E-state index is 13.3. The van der Waals surface area contributed by atoms with Crippen LogP contribution in [0.1, 0.15) is 17.3 Å². The molecule has 0 saturated carbocycles. The summed E-state index contributed by atoms with van der Waals surface area (Å²) in [5.74, 6) is 2.10. The van der Waals surface area contributed by atoms with E-state index < -0.39 is 0 Å². The quantitative estimate of drug-likeness (QED) is 0.384. The number of thiazole rings is 1. The normalized spacial score (nSPS) is 13.8. The van der Waals surface area contributed by atoms with E-state index in [9.17, 15) is 4.79 Å². The molecule has 1 saturated heterocycles. The van der Waals surface area contributed by atoms with Crippen LogP contribution in [0, 0.1) is 0 Å². The summed E-state index contributed by atoms with van der Waals surface area (Å²) in [6.45, 7) is 5.32. The van der Waals surface area contributed by atoms with Crippen LogP contribution in [0.15, 0.2) is 72.8 Å². The van der Waals surface area contributed by atoms with Crippen molar-refractivity contribution in [3.63, 3.8) is 0 Å². The highest BCUT2D eigenvalue weighted by atomic mass is 32.1. The van der Waals surface area contributed by atoms with E-state index in [0.29, 0.717) is 36.8 Å². The molecule has 4 aromatic rings. The number of fused-ring (bicyclic) bond motifs is 1. The number of carbonyl (C=O) groups is 1. The number of carbonyl (C=O) groups excluding carboxylic acids is 1. The van der Waals surface area contributed by atoms with E-state index in [4.69, 9.17) is 14.5 Å². The SMILES string of the molecule is CCOc1cccc2sc(N3CCN(C(=O)c4ccccc4Oc4ccccc4)CC3)nc12. The summed E-state index contributed by atoms with van der Waals surface area (Å²) in [6.07, 6.45) is 0. The van der Waals surface area contributed by atoms with Gasteiger partial charge in [-0.2, -0.15) is 0 Å². The van der Waals surface area contributed by atoms with E-state index in [1.165, 1.54) is 0 Å². The third-order valence-electron chi connectivity index (χ3n) is 5.60. The van der Waals surface area contributed by atoms with Crippen molar-refractivity contribution in [1.82, 2.24) is 9.88 Å². The second kappa shape index (κ2) is 9.50. The summed E-state index contributed by atoms with van der Waals surface area (Å²) in [6, 6.07) is 23.0. The minimum atomic E-state index is -0.0101. The molecule has 0 N–H and O–H groups in total. The molecule has 0 bridgehead atoms. The summed E-state index contributed by atoms with van der Waals surface area (Å²) in [5, 5.41) is 0.970. The highest BCUT2D eigenvalue weighted by Crippen LogP contribution is 2.35. The lowest BCUT2D eigenvalue weighted by molar-refractivity contribution is 0.0744. The monoisotopic (exact) mass is 459 g/mol. The van der Waals surface area contributed by atoms with Gasteiger partial charge in [0.05, 0.1) is 16.9 Å². The maximum Gasteiger partial charge on any atom is 0.257 e. The number of benzene rings is 3. The molecule has 1 aliphatic heterocycles. The first-order chi connectivity index (χ1) is 16.2. The molecule has 1 aromatic heterocycles. The van der Waals surface area contributed by atoms with E-state index in [1.807, 2.05) is 78.6 Å². The largest absolute Gasteiger partial charge is 0.492 e. The van der Waals surface area contributed by atoms with Crippen LogP contribution in [0.4, 0.5) is 5.13 Å². The molecule has 0 radical (unpaired) electrons. The number of hydrogen-bond acceptors (Lipinski definition) is 6. The summed E-state index contributed by atoms with van der Waals surface area (Å²) >= 11 is 1.66. The molecular weight excluding hydrogens is 434 g/mol. The van der Waals surface area contributed by atoms with Gasteiger partial charge in [-0.1, -0.05) is 47.7 Å². The van der Waals surface area contributed by atoms with Gasteiger partial charge >= 0.3 is 0 Å². The molecule has 6 nitrogen and oxygen atoms in total. The predicted molar refractivity (Wildman–Crippen MR) is 132 cm³/mol. The Bertz CT molecular complexity index is 1250. The second-order valence-corrected chi connectivity index (χ2v) is 8.73. The lowest BCUT2D eigenvalue weighted by atomic mass is 10.1. The molecule has 1 aliphatic rings. The molecule has 0 aliphatic carbocycles. The van der Waals surface area contributed by atoms with Gasteiger partial charge in [-0.25, -0.2) is 4.98 Å².